The molecule has 1 aromatic carbocycles. The lowest BCUT2D eigenvalue weighted by molar-refractivity contribution is -0.150. The quantitative estimate of drug-likeness (QED) is 0.353. The zero-order valence-corrected chi connectivity index (χ0v) is 24.4. The van der Waals surface area contributed by atoms with E-state index in [0.29, 0.717) is 22.7 Å². The van der Waals surface area contributed by atoms with Gasteiger partial charge in [0.25, 0.3) is 5.91 Å². The molecule has 0 aliphatic carbocycles. The summed E-state index contributed by atoms with van der Waals surface area (Å²) in [6.45, 7) is 12.2. The van der Waals surface area contributed by atoms with Crippen LogP contribution < -0.4 is 0 Å². The molecule has 0 bridgehead atoms. The molecule has 3 heterocycles. The molecule has 0 saturated carbocycles. The Balaban J connectivity index is 1.94. The molecule has 2 aromatic heterocycles. The van der Waals surface area contributed by atoms with E-state index in [0.717, 1.165) is 15.7 Å². The number of thiazole rings is 1. The number of hydrogen-bond acceptors (Lipinski definition) is 6. The average molecular weight is 586 g/mol. The van der Waals surface area contributed by atoms with E-state index in [2.05, 4.69) is 51.7 Å². The Morgan fingerprint density at radius 3 is 2.43 bits per heavy atom. The van der Waals surface area contributed by atoms with Gasteiger partial charge in [0.15, 0.2) is 0 Å². The predicted octanol–water partition coefficient (Wildman–Crippen LogP) is 6.54. The number of halogens is 1. The van der Waals surface area contributed by atoms with Gasteiger partial charge < -0.3 is 10.0 Å². The van der Waals surface area contributed by atoms with Gasteiger partial charge in [0.1, 0.15) is 10.5 Å². The van der Waals surface area contributed by atoms with Crippen LogP contribution in [0.15, 0.2) is 46.6 Å². The number of aliphatic carboxylic acids is 1. The minimum Gasteiger partial charge on any atom is -0.479 e. The van der Waals surface area contributed by atoms with Crippen molar-refractivity contribution in [3.05, 3.63) is 74.2 Å². The number of aryl methyl sites for hydroxylation is 1. The fraction of sp³-hybridized carbons (Fsp3) is 0.464. The number of carboxylic acids is 1. The van der Waals surface area contributed by atoms with Gasteiger partial charge in [0, 0.05) is 39.9 Å². The van der Waals surface area contributed by atoms with Crippen molar-refractivity contribution >= 4 is 39.1 Å². The van der Waals surface area contributed by atoms with Crippen molar-refractivity contribution in [1.29, 1.82) is 0 Å². The van der Waals surface area contributed by atoms with Crippen LogP contribution in [-0.2, 0) is 10.2 Å². The minimum atomic E-state index is -1.43. The Morgan fingerprint density at radius 1 is 1.19 bits per heavy atom. The maximum atomic E-state index is 14.4. The third-order valence-electron chi connectivity index (χ3n) is 7.04. The number of carbonyl (C=O) groups excluding carboxylic acids is 1. The molecule has 0 spiro atoms. The van der Waals surface area contributed by atoms with Gasteiger partial charge >= 0.3 is 5.97 Å². The van der Waals surface area contributed by atoms with E-state index in [9.17, 15) is 14.7 Å². The first-order valence-corrected chi connectivity index (χ1v) is 14.1. The van der Waals surface area contributed by atoms with E-state index in [-0.39, 0.29) is 29.6 Å². The van der Waals surface area contributed by atoms with E-state index in [4.69, 9.17) is 0 Å². The van der Waals surface area contributed by atoms with Crippen LogP contribution in [0.5, 0.6) is 0 Å². The molecule has 3 atom stereocenters. The van der Waals surface area contributed by atoms with Crippen molar-refractivity contribution in [3.8, 4) is 0 Å². The van der Waals surface area contributed by atoms with Crippen molar-refractivity contribution in [1.82, 2.24) is 19.9 Å². The van der Waals surface area contributed by atoms with Gasteiger partial charge in [0.05, 0.1) is 17.4 Å². The molecule has 3 aromatic rings. The minimum absolute atomic E-state index is 0.0417. The SMILES string of the molecule is Cc1nccnc1[C@H]1C[C@@](CC(C)C)(C(=O)O)N(C(=O)c2ccc(C(C)(C)C)c(Br)c2)[C@H]1c1nccs1. The number of carboxylic acid groups (broad SMARTS) is 1. The van der Waals surface area contributed by atoms with Crippen molar-refractivity contribution in [2.45, 2.75) is 77.3 Å². The van der Waals surface area contributed by atoms with E-state index in [1.54, 1.807) is 29.6 Å². The van der Waals surface area contributed by atoms with Gasteiger partial charge in [-0.15, -0.1) is 11.3 Å². The van der Waals surface area contributed by atoms with Crippen LogP contribution in [0.4, 0.5) is 0 Å². The molecule has 37 heavy (non-hydrogen) atoms. The highest BCUT2D eigenvalue weighted by Gasteiger charge is 2.60. The average Bonchev–Trinajstić information content (AvgIpc) is 3.44. The summed E-state index contributed by atoms with van der Waals surface area (Å²) in [6, 6.07) is 4.97. The second-order valence-electron chi connectivity index (χ2n) is 11.2. The highest BCUT2D eigenvalue weighted by atomic mass is 79.9. The molecular formula is C28H33BrN4O3S. The lowest BCUT2D eigenvalue weighted by Crippen LogP contribution is -2.54. The lowest BCUT2D eigenvalue weighted by Gasteiger charge is -2.39. The summed E-state index contributed by atoms with van der Waals surface area (Å²) in [6.07, 6.45) is 5.49. The normalized spacial score (nSPS) is 22.0. The van der Waals surface area contributed by atoms with Gasteiger partial charge in [0.2, 0.25) is 0 Å². The maximum Gasteiger partial charge on any atom is 0.329 e. The van der Waals surface area contributed by atoms with Gasteiger partial charge in [-0.3, -0.25) is 14.8 Å². The molecule has 0 unspecified atom stereocenters. The summed E-state index contributed by atoms with van der Waals surface area (Å²) in [7, 11) is 0. The van der Waals surface area contributed by atoms with Gasteiger partial charge in [-0.2, -0.15) is 0 Å². The zero-order chi connectivity index (χ0) is 27.1. The van der Waals surface area contributed by atoms with Crippen molar-refractivity contribution in [2.24, 2.45) is 5.92 Å². The Morgan fingerprint density at radius 2 is 1.89 bits per heavy atom. The van der Waals surface area contributed by atoms with E-state index in [1.165, 1.54) is 11.3 Å². The van der Waals surface area contributed by atoms with E-state index < -0.39 is 17.6 Å². The number of aromatic nitrogens is 3. The highest BCUT2D eigenvalue weighted by Crippen LogP contribution is 2.55. The molecule has 1 aliphatic heterocycles. The Hall–Kier alpha value is -2.65. The maximum absolute atomic E-state index is 14.4. The summed E-state index contributed by atoms with van der Waals surface area (Å²) < 4.78 is 0.821. The molecule has 1 aliphatic rings. The van der Waals surface area contributed by atoms with Gasteiger partial charge in [-0.05, 0) is 48.8 Å². The first-order chi connectivity index (χ1) is 17.4. The fourth-order valence-electron chi connectivity index (χ4n) is 5.56. The molecule has 0 radical (unpaired) electrons. The lowest BCUT2D eigenvalue weighted by atomic mass is 9.82. The fourth-order valence-corrected chi connectivity index (χ4v) is 7.33. The first kappa shape index (κ1) is 27.4. The number of likely N-dealkylation sites (tertiary alicyclic amines) is 1. The predicted molar refractivity (Wildman–Crippen MR) is 148 cm³/mol. The number of carbonyl (C=O) groups is 2. The van der Waals surface area contributed by atoms with Crippen LogP contribution >= 0.6 is 27.3 Å². The number of benzene rings is 1. The van der Waals surface area contributed by atoms with Crippen LogP contribution in [0, 0.1) is 12.8 Å². The van der Waals surface area contributed by atoms with Crippen LogP contribution in [-0.4, -0.2) is 42.4 Å². The Kier molecular flexibility index (Phi) is 7.59. The zero-order valence-electron chi connectivity index (χ0n) is 22.0. The molecule has 1 fully saturated rings. The summed E-state index contributed by atoms with van der Waals surface area (Å²) in [5.41, 5.74) is 1.40. The smallest absolute Gasteiger partial charge is 0.329 e. The number of hydrogen-bond donors (Lipinski definition) is 1. The van der Waals surface area contributed by atoms with Crippen molar-refractivity contribution in [2.75, 3.05) is 0 Å². The topological polar surface area (TPSA) is 96.3 Å². The molecule has 1 amide bonds. The van der Waals surface area contributed by atoms with Crippen LogP contribution in [0.1, 0.15) is 91.7 Å². The molecule has 4 rings (SSSR count). The van der Waals surface area contributed by atoms with Gasteiger partial charge in [-0.25, -0.2) is 9.78 Å². The molecule has 9 heteroatoms. The highest BCUT2D eigenvalue weighted by molar-refractivity contribution is 9.10. The summed E-state index contributed by atoms with van der Waals surface area (Å²) in [5.74, 6) is -1.66. The third kappa shape index (κ3) is 5.08. The largest absolute Gasteiger partial charge is 0.479 e. The number of nitrogens with zero attached hydrogens (tertiary/aromatic N) is 4. The summed E-state index contributed by atoms with van der Waals surface area (Å²) in [5, 5.41) is 13.3. The van der Waals surface area contributed by atoms with Crippen molar-refractivity contribution in [3.63, 3.8) is 0 Å². The first-order valence-electron chi connectivity index (χ1n) is 12.4. The monoisotopic (exact) mass is 584 g/mol. The molecule has 7 nitrogen and oxygen atoms in total. The van der Waals surface area contributed by atoms with Crippen LogP contribution in [0.25, 0.3) is 0 Å². The number of rotatable bonds is 6. The summed E-state index contributed by atoms with van der Waals surface area (Å²) >= 11 is 5.08. The standard InChI is InChI=1S/C28H33BrN4O3S/c1-16(2)14-28(26(35)36)15-19(22-17(3)30-9-10-31-22)23(24-32-11-12-37-24)33(28)25(34)18-7-8-20(21(29)13-18)27(4,5)6/h7-13,16,19,23H,14-15H2,1-6H3,(H,35,36)/t19-,23-,28+/m1/s1. The Bertz CT molecular complexity index is 1310. The second kappa shape index (κ2) is 10.3. The van der Waals surface area contributed by atoms with Crippen LogP contribution in [0.2, 0.25) is 0 Å². The Labute approximate surface area is 230 Å². The molecule has 1 N–H and O–H groups in total. The van der Waals surface area contributed by atoms with Crippen LogP contribution in [0.3, 0.4) is 0 Å². The molecule has 1 saturated heterocycles. The van der Waals surface area contributed by atoms with Crippen molar-refractivity contribution < 1.29 is 14.7 Å². The van der Waals surface area contributed by atoms with Gasteiger partial charge in [-0.1, -0.05) is 56.6 Å². The van der Waals surface area contributed by atoms with E-state index >= 15 is 0 Å². The summed E-state index contributed by atoms with van der Waals surface area (Å²) in [4.78, 5) is 42.8. The number of amides is 1. The van der Waals surface area contributed by atoms with E-state index in [1.807, 2.05) is 38.3 Å². The second-order valence-corrected chi connectivity index (χ2v) is 13.0. The molecular weight excluding hydrogens is 552 g/mol. The third-order valence-corrected chi connectivity index (χ3v) is 8.54. The molecule has 196 valence electrons.